The van der Waals surface area contributed by atoms with Crippen LogP contribution in [0.3, 0.4) is 0 Å². The second-order valence-corrected chi connectivity index (χ2v) is 18.7. The highest BCUT2D eigenvalue weighted by Crippen LogP contribution is 2.63. The predicted molar refractivity (Wildman–Crippen MR) is 284 cm³/mol. The molecule has 10 aromatic rings. The molecule has 10 aromatic carbocycles. The third-order valence-corrected chi connectivity index (χ3v) is 15.1. The van der Waals surface area contributed by atoms with Gasteiger partial charge < -0.3 is 9.64 Å². The van der Waals surface area contributed by atoms with Crippen molar-refractivity contribution >= 4 is 22.6 Å². The Morgan fingerprint density at radius 1 is 0.362 bits per heavy atom. The van der Waals surface area contributed by atoms with E-state index in [1.165, 1.54) is 94.6 Å². The number of anilines is 3. The van der Waals surface area contributed by atoms with E-state index in [2.05, 4.69) is 266 Å². The molecule has 1 aliphatic heterocycles. The first-order chi connectivity index (χ1) is 34.2. The molecule has 0 aromatic heterocycles. The Balaban J connectivity index is 0.894. The number of nitrogens with zero attached hydrogens (tertiary/aromatic N) is 1. The average Bonchev–Trinajstić information content (AvgIpc) is 4.06. The summed E-state index contributed by atoms with van der Waals surface area (Å²) < 4.78 is 7.16. The van der Waals surface area contributed by atoms with E-state index in [0.29, 0.717) is 0 Å². The number of para-hydroxylation sites is 1. The summed E-state index contributed by atoms with van der Waals surface area (Å²) in [4.78, 5) is 2.37. The number of allylic oxidation sites excluding steroid dienone is 2. The molecule has 324 valence electrons. The number of hydrogen-bond acceptors (Lipinski definition) is 2. The molecule has 0 N–H and O–H groups in total. The van der Waals surface area contributed by atoms with Crippen molar-refractivity contribution in [3.63, 3.8) is 0 Å². The van der Waals surface area contributed by atoms with E-state index in [1.807, 2.05) is 0 Å². The maximum atomic E-state index is 7.16. The lowest BCUT2D eigenvalue weighted by Gasteiger charge is -2.31. The second kappa shape index (κ2) is 15.7. The number of fused-ring (bicyclic) bond motifs is 13. The summed E-state index contributed by atoms with van der Waals surface area (Å²) in [6.45, 7) is 0. The van der Waals surface area contributed by atoms with E-state index in [9.17, 15) is 0 Å². The summed E-state index contributed by atoms with van der Waals surface area (Å²) in [6, 6.07) is 89.2. The topological polar surface area (TPSA) is 12.5 Å². The number of benzene rings is 10. The highest BCUT2D eigenvalue weighted by atomic mass is 16.5. The van der Waals surface area contributed by atoms with Crippen LogP contribution in [0, 0.1) is 0 Å². The van der Waals surface area contributed by atoms with Crippen molar-refractivity contribution in [2.75, 3.05) is 4.90 Å². The fraction of sp³-hybridized carbons (Fsp3) is 0.0448. The molecule has 2 nitrogen and oxygen atoms in total. The van der Waals surface area contributed by atoms with Crippen molar-refractivity contribution in [2.45, 2.75) is 17.4 Å². The molecular weight excluding hydrogens is 835 g/mol. The van der Waals surface area contributed by atoms with Crippen LogP contribution in [0.2, 0.25) is 0 Å². The SMILES string of the molecule is C1=CC2c3cccc(N(c4ccc(-c5ccccc5)cc4)c4ccc(-c5ccc6c(c5)C5(c7ccccc7-c7ccccc75)c5ccc(-c7ccccc7)cc5-6)cc4)c3OC2C(c2ccccc2)=C1. The second-order valence-electron chi connectivity index (χ2n) is 18.7. The minimum absolute atomic E-state index is 0.114. The van der Waals surface area contributed by atoms with Gasteiger partial charge in [-0.15, -0.1) is 0 Å². The van der Waals surface area contributed by atoms with E-state index < -0.39 is 5.41 Å². The Kier molecular flexibility index (Phi) is 8.97. The zero-order chi connectivity index (χ0) is 45.5. The molecule has 2 atom stereocenters. The minimum Gasteiger partial charge on any atom is -0.482 e. The molecule has 4 aliphatic rings. The van der Waals surface area contributed by atoms with Crippen LogP contribution in [0.25, 0.3) is 61.2 Å². The largest absolute Gasteiger partial charge is 0.482 e. The summed E-state index contributed by atoms with van der Waals surface area (Å²) in [5, 5.41) is 0. The van der Waals surface area contributed by atoms with Crippen molar-refractivity contribution in [3.8, 4) is 61.4 Å². The molecule has 2 heteroatoms. The lowest BCUT2D eigenvalue weighted by molar-refractivity contribution is 0.279. The first kappa shape index (κ1) is 39.4. The summed E-state index contributed by atoms with van der Waals surface area (Å²) in [5.74, 6) is 1.04. The molecule has 0 radical (unpaired) electrons. The highest BCUT2D eigenvalue weighted by Gasteiger charge is 2.51. The molecule has 0 fully saturated rings. The monoisotopic (exact) mass is 879 g/mol. The molecule has 0 bridgehead atoms. The lowest BCUT2D eigenvalue weighted by atomic mass is 9.70. The van der Waals surface area contributed by atoms with Gasteiger partial charge in [0.15, 0.2) is 0 Å². The van der Waals surface area contributed by atoms with Gasteiger partial charge >= 0.3 is 0 Å². The zero-order valence-corrected chi connectivity index (χ0v) is 37.8. The van der Waals surface area contributed by atoms with E-state index >= 15 is 0 Å². The van der Waals surface area contributed by atoms with Crippen molar-refractivity contribution in [1.29, 1.82) is 0 Å². The molecule has 1 spiro atoms. The number of hydrogen-bond donors (Lipinski definition) is 0. The van der Waals surface area contributed by atoms with Crippen LogP contribution in [0.15, 0.2) is 261 Å². The van der Waals surface area contributed by atoms with Crippen molar-refractivity contribution in [1.82, 2.24) is 0 Å². The minimum atomic E-state index is -0.443. The van der Waals surface area contributed by atoms with Gasteiger partial charge in [0.25, 0.3) is 0 Å². The Morgan fingerprint density at radius 3 is 1.51 bits per heavy atom. The smallest absolute Gasteiger partial charge is 0.148 e. The third kappa shape index (κ3) is 6.05. The van der Waals surface area contributed by atoms with E-state index in [0.717, 1.165) is 22.8 Å². The molecule has 69 heavy (non-hydrogen) atoms. The fourth-order valence-corrected chi connectivity index (χ4v) is 12.0. The predicted octanol–water partition coefficient (Wildman–Crippen LogP) is 17.0. The number of rotatable bonds is 7. The Morgan fingerprint density at radius 2 is 0.855 bits per heavy atom. The maximum absolute atomic E-state index is 7.16. The third-order valence-electron chi connectivity index (χ3n) is 15.1. The van der Waals surface area contributed by atoms with Gasteiger partial charge in [-0.05, 0) is 126 Å². The van der Waals surface area contributed by atoms with Crippen LogP contribution in [0.4, 0.5) is 17.1 Å². The van der Waals surface area contributed by atoms with E-state index in [4.69, 9.17) is 4.74 Å². The maximum Gasteiger partial charge on any atom is 0.148 e. The van der Waals surface area contributed by atoms with Gasteiger partial charge in [-0.2, -0.15) is 0 Å². The summed E-state index contributed by atoms with van der Waals surface area (Å²) in [5.41, 5.74) is 24.1. The van der Waals surface area contributed by atoms with Gasteiger partial charge in [0.1, 0.15) is 11.9 Å². The molecule has 2 unspecified atom stereocenters. The van der Waals surface area contributed by atoms with Crippen molar-refractivity contribution in [3.05, 3.63) is 294 Å². The van der Waals surface area contributed by atoms with Crippen LogP contribution in [0.1, 0.15) is 39.3 Å². The Bertz CT molecular complexity index is 3640. The van der Waals surface area contributed by atoms with Gasteiger partial charge in [0.05, 0.1) is 11.1 Å². The summed E-state index contributed by atoms with van der Waals surface area (Å²) in [7, 11) is 0. The van der Waals surface area contributed by atoms with Gasteiger partial charge in [0, 0.05) is 28.4 Å². The first-order valence-electron chi connectivity index (χ1n) is 24.1. The Labute approximate surface area is 403 Å². The van der Waals surface area contributed by atoms with Gasteiger partial charge in [0.2, 0.25) is 0 Å². The molecule has 1 heterocycles. The van der Waals surface area contributed by atoms with Crippen LogP contribution in [0.5, 0.6) is 5.75 Å². The lowest BCUT2D eigenvalue weighted by Crippen LogP contribution is -2.25. The van der Waals surface area contributed by atoms with Crippen LogP contribution in [-0.2, 0) is 5.41 Å². The van der Waals surface area contributed by atoms with Crippen LogP contribution >= 0.6 is 0 Å². The van der Waals surface area contributed by atoms with Crippen molar-refractivity contribution < 1.29 is 4.74 Å². The quantitative estimate of drug-likeness (QED) is 0.158. The van der Waals surface area contributed by atoms with Gasteiger partial charge in [-0.25, -0.2) is 0 Å². The zero-order valence-electron chi connectivity index (χ0n) is 37.8. The normalized spacial score (nSPS) is 16.1. The molecule has 0 saturated heterocycles. The van der Waals surface area contributed by atoms with Gasteiger partial charge in [-0.3, -0.25) is 0 Å². The molecule has 3 aliphatic carbocycles. The van der Waals surface area contributed by atoms with E-state index in [-0.39, 0.29) is 12.0 Å². The standard InChI is InChI=1S/C67H45NO/c1-4-16-44(17-5-1)46-30-36-51(37-31-46)68(64-29-15-26-58-57-25-14-24-53(65(57)69-66(58)64)48-20-8-3-9-21-48)52-38-32-47(33-39-52)50-34-40-56-59-42-49(45-18-6-2-7-19-45)35-41-62(59)67(63(56)43-50)60-27-12-10-22-54(60)55-23-11-13-28-61(55)67/h1-43,57,65H. The Hall–Kier alpha value is -8.72. The number of ether oxygens (including phenoxy) is 1. The molecule has 14 rings (SSSR count). The average molecular weight is 880 g/mol. The molecule has 0 amide bonds. The van der Waals surface area contributed by atoms with Crippen molar-refractivity contribution in [2.24, 2.45) is 0 Å². The fourth-order valence-electron chi connectivity index (χ4n) is 12.0. The van der Waals surface area contributed by atoms with E-state index in [1.54, 1.807) is 0 Å². The first-order valence-corrected chi connectivity index (χ1v) is 24.1. The van der Waals surface area contributed by atoms with Crippen LogP contribution < -0.4 is 9.64 Å². The molecule has 0 saturated carbocycles. The highest BCUT2D eigenvalue weighted by molar-refractivity contribution is 5.97. The summed E-state index contributed by atoms with van der Waals surface area (Å²) in [6.07, 6.45) is 6.59. The molecular formula is C67H45NO. The van der Waals surface area contributed by atoms with Crippen LogP contribution in [-0.4, -0.2) is 6.10 Å². The summed E-state index contributed by atoms with van der Waals surface area (Å²) >= 11 is 0. The van der Waals surface area contributed by atoms with Gasteiger partial charge in [-0.1, -0.05) is 218 Å².